The summed E-state index contributed by atoms with van der Waals surface area (Å²) in [6, 6.07) is 1.70. The summed E-state index contributed by atoms with van der Waals surface area (Å²) < 4.78 is 27.5. The van der Waals surface area contributed by atoms with Crippen molar-refractivity contribution in [1.82, 2.24) is 14.9 Å². The van der Waals surface area contributed by atoms with Crippen molar-refractivity contribution >= 4 is 21.4 Å². The first-order valence-electron chi connectivity index (χ1n) is 7.62. The van der Waals surface area contributed by atoms with Gasteiger partial charge in [0.25, 0.3) is 0 Å². The summed E-state index contributed by atoms with van der Waals surface area (Å²) in [5.41, 5.74) is 0. The molecule has 2 rings (SSSR count). The molecule has 5 nitrogen and oxygen atoms in total. The van der Waals surface area contributed by atoms with E-state index in [2.05, 4.69) is 14.9 Å². The molecule has 1 aliphatic heterocycles. The Balaban J connectivity index is 1.87. The zero-order chi connectivity index (χ0) is 15.1. The summed E-state index contributed by atoms with van der Waals surface area (Å²) in [4.78, 5) is 3.63. The van der Waals surface area contributed by atoms with Gasteiger partial charge in [-0.1, -0.05) is 13.3 Å². The van der Waals surface area contributed by atoms with Gasteiger partial charge in [-0.3, -0.25) is 0 Å². The minimum atomic E-state index is -3.39. The average molecular weight is 332 g/mol. The molecule has 2 heterocycles. The molecule has 0 radical (unpaired) electrons. The Morgan fingerprint density at radius 1 is 1.29 bits per heavy atom. The SMILES string of the molecule is CCNCc1sccc1S(=O)(=O)NCCN1CCCCC1. The fourth-order valence-corrected chi connectivity index (χ4v) is 4.97. The number of nitrogens with zero attached hydrogens (tertiary/aromatic N) is 1. The lowest BCUT2D eigenvalue weighted by Gasteiger charge is -2.26. The summed E-state index contributed by atoms with van der Waals surface area (Å²) in [5, 5.41) is 5.02. The largest absolute Gasteiger partial charge is 0.312 e. The zero-order valence-electron chi connectivity index (χ0n) is 12.6. The van der Waals surface area contributed by atoms with E-state index in [0.717, 1.165) is 31.1 Å². The molecule has 1 aromatic rings. The molecule has 7 heteroatoms. The van der Waals surface area contributed by atoms with E-state index < -0.39 is 10.0 Å². The quantitative estimate of drug-likeness (QED) is 0.760. The minimum absolute atomic E-state index is 0.423. The van der Waals surface area contributed by atoms with Crippen LogP contribution in [0.4, 0.5) is 0 Å². The minimum Gasteiger partial charge on any atom is -0.312 e. The van der Waals surface area contributed by atoms with Crippen LogP contribution in [0.1, 0.15) is 31.1 Å². The smallest absolute Gasteiger partial charge is 0.241 e. The van der Waals surface area contributed by atoms with Crippen LogP contribution >= 0.6 is 11.3 Å². The van der Waals surface area contributed by atoms with Crippen LogP contribution in [0.3, 0.4) is 0 Å². The van der Waals surface area contributed by atoms with Crippen molar-refractivity contribution in [3.8, 4) is 0 Å². The third-order valence-electron chi connectivity index (χ3n) is 3.70. The molecular formula is C14H25N3O2S2. The number of hydrogen-bond acceptors (Lipinski definition) is 5. The number of hydrogen-bond donors (Lipinski definition) is 2. The van der Waals surface area contributed by atoms with Crippen LogP contribution in [0.15, 0.2) is 16.3 Å². The van der Waals surface area contributed by atoms with E-state index in [1.54, 1.807) is 6.07 Å². The fraction of sp³-hybridized carbons (Fsp3) is 0.714. The Labute approximate surface area is 131 Å². The van der Waals surface area contributed by atoms with Crippen molar-refractivity contribution in [2.45, 2.75) is 37.6 Å². The Morgan fingerprint density at radius 3 is 2.76 bits per heavy atom. The molecule has 0 aromatic carbocycles. The van der Waals surface area contributed by atoms with Gasteiger partial charge in [-0.25, -0.2) is 13.1 Å². The highest BCUT2D eigenvalue weighted by Gasteiger charge is 2.19. The number of piperidine rings is 1. The summed E-state index contributed by atoms with van der Waals surface area (Å²) in [6.07, 6.45) is 3.75. The number of rotatable bonds is 8. The predicted molar refractivity (Wildman–Crippen MR) is 87.2 cm³/mol. The van der Waals surface area contributed by atoms with Crippen LogP contribution in [-0.2, 0) is 16.6 Å². The molecule has 1 saturated heterocycles. The Morgan fingerprint density at radius 2 is 2.05 bits per heavy atom. The van der Waals surface area contributed by atoms with E-state index >= 15 is 0 Å². The van der Waals surface area contributed by atoms with Gasteiger partial charge >= 0.3 is 0 Å². The molecule has 1 aromatic heterocycles. The lowest BCUT2D eigenvalue weighted by Crippen LogP contribution is -2.37. The maximum atomic E-state index is 12.4. The van der Waals surface area contributed by atoms with Crippen molar-refractivity contribution < 1.29 is 8.42 Å². The monoisotopic (exact) mass is 331 g/mol. The Kier molecular flexibility index (Phi) is 6.63. The van der Waals surface area contributed by atoms with Crippen LogP contribution in [-0.4, -0.2) is 46.0 Å². The van der Waals surface area contributed by atoms with Gasteiger partial charge in [0.1, 0.15) is 0 Å². The summed E-state index contributed by atoms with van der Waals surface area (Å²) in [6.45, 7) is 6.91. The number of likely N-dealkylation sites (tertiary alicyclic amines) is 1. The highest BCUT2D eigenvalue weighted by molar-refractivity contribution is 7.89. The van der Waals surface area contributed by atoms with Crippen LogP contribution in [0, 0.1) is 0 Å². The molecule has 1 aliphatic rings. The van der Waals surface area contributed by atoms with Crippen LogP contribution in [0.5, 0.6) is 0 Å². The summed E-state index contributed by atoms with van der Waals surface area (Å²) >= 11 is 1.49. The first-order chi connectivity index (χ1) is 10.1. The highest BCUT2D eigenvalue weighted by atomic mass is 32.2. The molecule has 21 heavy (non-hydrogen) atoms. The van der Waals surface area contributed by atoms with Crippen LogP contribution < -0.4 is 10.0 Å². The molecule has 0 atom stereocenters. The van der Waals surface area contributed by atoms with Crippen LogP contribution in [0.25, 0.3) is 0 Å². The van der Waals surface area contributed by atoms with E-state index in [-0.39, 0.29) is 0 Å². The normalized spacial score (nSPS) is 17.2. The summed E-state index contributed by atoms with van der Waals surface area (Å²) in [7, 11) is -3.39. The first-order valence-corrected chi connectivity index (χ1v) is 9.99. The summed E-state index contributed by atoms with van der Waals surface area (Å²) in [5.74, 6) is 0. The van der Waals surface area contributed by atoms with Crippen molar-refractivity contribution in [1.29, 1.82) is 0 Å². The van der Waals surface area contributed by atoms with Gasteiger partial charge in [0.2, 0.25) is 10.0 Å². The zero-order valence-corrected chi connectivity index (χ0v) is 14.2. The Hall–Kier alpha value is -0.470. The molecular weight excluding hydrogens is 306 g/mol. The Bertz CT molecular complexity index is 522. The molecule has 0 amide bonds. The highest BCUT2D eigenvalue weighted by Crippen LogP contribution is 2.21. The van der Waals surface area contributed by atoms with E-state index in [9.17, 15) is 8.42 Å². The average Bonchev–Trinajstić information content (AvgIpc) is 2.95. The second-order valence-electron chi connectivity index (χ2n) is 5.29. The number of sulfonamides is 1. The van der Waals surface area contributed by atoms with Crippen molar-refractivity contribution in [2.75, 3.05) is 32.7 Å². The maximum Gasteiger partial charge on any atom is 0.241 e. The van der Waals surface area contributed by atoms with Gasteiger partial charge in [-0.2, -0.15) is 0 Å². The molecule has 0 bridgehead atoms. The van der Waals surface area contributed by atoms with Gasteiger partial charge in [-0.05, 0) is 43.9 Å². The van der Waals surface area contributed by atoms with Gasteiger partial charge < -0.3 is 10.2 Å². The van der Waals surface area contributed by atoms with Gasteiger partial charge in [0.15, 0.2) is 0 Å². The van der Waals surface area contributed by atoms with Crippen LogP contribution in [0.2, 0.25) is 0 Å². The van der Waals surface area contributed by atoms with E-state index in [1.165, 1.54) is 30.6 Å². The molecule has 2 N–H and O–H groups in total. The molecule has 0 unspecified atom stereocenters. The predicted octanol–water partition coefficient (Wildman–Crippen LogP) is 1.62. The molecule has 120 valence electrons. The first kappa shape index (κ1) is 16.9. The van der Waals surface area contributed by atoms with E-state index in [1.807, 2.05) is 12.3 Å². The standard InChI is InChI=1S/C14H25N3O2S2/c1-2-15-12-13-14(6-11-20-13)21(18,19)16-7-10-17-8-4-3-5-9-17/h6,11,15-16H,2-5,7-10,12H2,1H3. The lowest BCUT2D eigenvalue weighted by atomic mass is 10.1. The third-order valence-corrected chi connectivity index (χ3v) is 6.29. The second kappa shape index (κ2) is 8.24. The van der Waals surface area contributed by atoms with Crippen molar-refractivity contribution in [3.63, 3.8) is 0 Å². The molecule has 1 fully saturated rings. The van der Waals surface area contributed by atoms with Crippen molar-refractivity contribution in [3.05, 3.63) is 16.3 Å². The molecule has 0 spiro atoms. The van der Waals surface area contributed by atoms with Crippen molar-refractivity contribution in [2.24, 2.45) is 0 Å². The van der Waals surface area contributed by atoms with E-state index in [0.29, 0.717) is 18.0 Å². The molecule has 0 saturated carbocycles. The lowest BCUT2D eigenvalue weighted by molar-refractivity contribution is 0.233. The van der Waals surface area contributed by atoms with Gasteiger partial charge in [-0.15, -0.1) is 11.3 Å². The number of nitrogens with one attached hydrogen (secondary N) is 2. The molecule has 0 aliphatic carbocycles. The number of thiophene rings is 1. The second-order valence-corrected chi connectivity index (χ2v) is 8.02. The fourth-order valence-electron chi connectivity index (χ4n) is 2.53. The maximum absolute atomic E-state index is 12.4. The van der Waals surface area contributed by atoms with E-state index in [4.69, 9.17) is 0 Å². The van der Waals surface area contributed by atoms with Gasteiger partial charge in [0.05, 0.1) is 4.90 Å². The van der Waals surface area contributed by atoms with Gasteiger partial charge in [0, 0.05) is 24.5 Å². The third kappa shape index (κ3) is 5.03. The topological polar surface area (TPSA) is 61.4 Å².